The summed E-state index contributed by atoms with van der Waals surface area (Å²) in [4.78, 5) is 16.8. The smallest absolute Gasteiger partial charge is 0.255 e. The first-order valence-electron chi connectivity index (χ1n) is 11.2. The van der Waals surface area contributed by atoms with E-state index in [1.807, 2.05) is 54.7 Å². The number of fused-ring (bicyclic) bond motifs is 1. The quantitative estimate of drug-likeness (QED) is 0.353. The molecule has 2 aromatic carbocycles. The number of nitrogens with zero attached hydrogens (tertiary/aromatic N) is 3. The Labute approximate surface area is 192 Å². The van der Waals surface area contributed by atoms with Crippen LogP contribution in [0.5, 0.6) is 0 Å². The van der Waals surface area contributed by atoms with Crippen LogP contribution in [0.4, 0.5) is 22.9 Å². The van der Waals surface area contributed by atoms with Gasteiger partial charge in [0, 0.05) is 47.5 Å². The maximum Gasteiger partial charge on any atom is 0.255 e. The molecule has 1 aliphatic rings. The molecule has 33 heavy (non-hydrogen) atoms. The van der Waals surface area contributed by atoms with E-state index in [9.17, 15) is 4.79 Å². The standard InChI is InChI=1S/C25H27N7O/c26-18-6-8-20(9-7-18)29-23-16-22(24-27-14-15-32(24)31-23)28-19-10-12-21(13-11-19)30-25(33)17-4-2-1-3-5-17/h1-5,10-16,18,20,28H,6-9,26H2,(H,29,31)(H,30,33). The highest BCUT2D eigenvalue weighted by Gasteiger charge is 2.19. The molecule has 1 amide bonds. The molecule has 0 radical (unpaired) electrons. The first kappa shape index (κ1) is 21.0. The van der Waals surface area contributed by atoms with Gasteiger partial charge in [-0.2, -0.15) is 0 Å². The van der Waals surface area contributed by atoms with Crippen LogP contribution in [0.2, 0.25) is 0 Å². The SMILES string of the molecule is NC1CCC(Nc2cc(Nc3ccc(NC(=O)c4ccccc4)cc3)c3nccn3n2)CC1. The summed E-state index contributed by atoms with van der Waals surface area (Å²) in [7, 11) is 0. The number of nitrogens with two attached hydrogens (primary N) is 1. The van der Waals surface area contributed by atoms with Gasteiger partial charge in [0.05, 0.1) is 5.69 Å². The van der Waals surface area contributed by atoms with E-state index in [-0.39, 0.29) is 5.91 Å². The van der Waals surface area contributed by atoms with E-state index < -0.39 is 0 Å². The fourth-order valence-corrected chi connectivity index (χ4v) is 4.14. The lowest BCUT2D eigenvalue weighted by atomic mass is 9.92. The summed E-state index contributed by atoms with van der Waals surface area (Å²) < 4.78 is 1.77. The van der Waals surface area contributed by atoms with Crippen molar-refractivity contribution in [1.82, 2.24) is 14.6 Å². The lowest BCUT2D eigenvalue weighted by Gasteiger charge is -2.27. The minimum Gasteiger partial charge on any atom is -0.366 e. The zero-order chi connectivity index (χ0) is 22.6. The Morgan fingerprint density at radius 2 is 1.70 bits per heavy atom. The number of benzene rings is 2. The first-order valence-corrected chi connectivity index (χ1v) is 11.2. The maximum absolute atomic E-state index is 12.4. The zero-order valence-electron chi connectivity index (χ0n) is 18.2. The van der Waals surface area contributed by atoms with Crippen molar-refractivity contribution < 1.29 is 4.79 Å². The molecule has 5 rings (SSSR count). The van der Waals surface area contributed by atoms with Gasteiger partial charge in [-0.25, -0.2) is 9.50 Å². The Bertz CT molecular complexity index is 1230. The molecular weight excluding hydrogens is 414 g/mol. The molecule has 8 heteroatoms. The molecule has 2 aromatic heterocycles. The van der Waals surface area contributed by atoms with Crippen LogP contribution in [0, 0.1) is 0 Å². The van der Waals surface area contributed by atoms with Crippen LogP contribution in [-0.2, 0) is 0 Å². The van der Waals surface area contributed by atoms with Crippen molar-refractivity contribution in [2.45, 2.75) is 37.8 Å². The topological polar surface area (TPSA) is 109 Å². The number of carbonyl (C=O) groups excluding carboxylic acids is 1. The third kappa shape index (κ3) is 4.96. The zero-order valence-corrected chi connectivity index (χ0v) is 18.2. The van der Waals surface area contributed by atoms with Crippen molar-refractivity contribution in [2.24, 2.45) is 5.73 Å². The number of hydrogen-bond donors (Lipinski definition) is 4. The fraction of sp³-hybridized carbons (Fsp3) is 0.240. The van der Waals surface area contributed by atoms with Gasteiger partial charge in [0.2, 0.25) is 0 Å². The number of hydrogen-bond acceptors (Lipinski definition) is 6. The van der Waals surface area contributed by atoms with Crippen LogP contribution >= 0.6 is 0 Å². The third-order valence-electron chi connectivity index (χ3n) is 5.94. The molecule has 4 aromatic rings. The van der Waals surface area contributed by atoms with Crippen LogP contribution < -0.4 is 21.7 Å². The summed E-state index contributed by atoms with van der Waals surface area (Å²) in [6, 6.07) is 19.4. The van der Waals surface area contributed by atoms with E-state index in [0.29, 0.717) is 17.6 Å². The second-order valence-corrected chi connectivity index (χ2v) is 8.42. The summed E-state index contributed by atoms with van der Waals surface area (Å²) >= 11 is 0. The monoisotopic (exact) mass is 441 g/mol. The van der Waals surface area contributed by atoms with Crippen molar-refractivity contribution in [2.75, 3.05) is 16.0 Å². The first-order chi connectivity index (χ1) is 16.1. The molecule has 0 atom stereocenters. The predicted octanol–water partition coefficient (Wildman–Crippen LogP) is 4.41. The number of nitrogens with one attached hydrogen (secondary N) is 3. The van der Waals surface area contributed by atoms with E-state index in [4.69, 9.17) is 5.73 Å². The highest BCUT2D eigenvalue weighted by atomic mass is 16.1. The number of amides is 1. The molecule has 168 valence electrons. The highest BCUT2D eigenvalue weighted by Crippen LogP contribution is 2.26. The van der Waals surface area contributed by atoms with Gasteiger partial charge in [0.25, 0.3) is 5.91 Å². The van der Waals surface area contributed by atoms with E-state index in [0.717, 1.165) is 54.2 Å². The molecule has 8 nitrogen and oxygen atoms in total. The van der Waals surface area contributed by atoms with Gasteiger partial charge >= 0.3 is 0 Å². The van der Waals surface area contributed by atoms with Gasteiger partial charge in [-0.05, 0) is 62.1 Å². The van der Waals surface area contributed by atoms with Crippen LogP contribution in [0.1, 0.15) is 36.0 Å². The van der Waals surface area contributed by atoms with Crippen molar-refractivity contribution in [1.29, 1.82) is 0 Å². The van der Waals surface area contributed by atoms with Gasteiger partial charge < -0.3 is 21.7 Å². The van der Waals surface area contributed by atoms with Crippen LogP contribution in [-0.4, -0.2) is 32.6 Å². The average molecular weight is 442 g/mol. The Kier molecular flexibility index (Phi) is 5.91. The normalized spacial score (nSPS) is 18.1. The minimum absolute atomic E-state index is 0.135. The van der Waals surface area contributed by atoms with Crippen molar-refractivity contribution in [3.05, 3.63) is 78.6 Å². The van der Waals surface area contributed by atoms with Crippen molar-refractivity contribution in [3.8, 4) is 0 Å². The lowest BCUT2D eigenvalue weighted by molar-refractivity contribution is 0.102. The highest BCUT2D eigenvalue weighted by molar-refractivity contribution is 6.04. The maximum atomic E-state index is 12.4. The summed E-state index contributed by atoms with van der Waals surface area (Å²) in [6.45, 7) is 0. The van der Waals surface area contributed by atoms with Crippen LogP contribution in [0.15, 0.2) is 73.1 Å². The Morgan fingerprint density at radius 1 is 0.970 bits per heavy atom. The number of carbonyl (C=O) groups is 1. The molecule has 2 heterocycles. The Morgan fingerprint density at radius 3 is 2.45 bits per heavy atom. The second kappa shape index (κ2) is 9.30. The number of imidazole rings is 1. The third-order valence-corrected chi connectivity index (χ3v) is 5.94. The van der Waals surface area contributed by atoms with Crippen LogP contribution in [0.3, 0.4) is 0 Å². The van der Waals surface area contributed by atoms with Gasteiger partial charge in [0.1, 0.15) is 5.82 Å². The van der Waals surface area contributed by atoms with Crippen LogP contribution in [0.25, 0.3) is 5.65 Å². The van der Waals surface area contributed by atoms with E-state index in [2.05, 4.69) is 26.0 Å². The number of aromatic nitrogens is 3. The molecule has 1 fully saturated rings. The van der Waals surface area contributed by atoms with E-state index >= 15 is 0 Å². The molecule has 1 saturated carbocycles. The number of rotatable bonds is 6. The van der Waals surface area contributed by atoms with E-state index in [1.165, 1.54) is 0 Å². The summed E-state index contributed by atoms with van der Waals surface area (Å²) in [6.07, 6.45) is 7.73. The van der Waals surface area contributed by atoms with E-state index in [1.54, 1.807) is 22.8 Å². The molecule has 0 spiro atoms. The fourth-order valence-electron chi connectivity index (χ4n) is 4.14. The second-order valence-electron chi connectivity index (χ2n) is 8.42. The molecule has 0 saturated heterocycles. The molecule has 0 aliphatic heterocycles. The molecule has 0 bridgehead atoms. The predicted molar refractivity (Wildman–Crippen MR) is 131 cm³/mol. The Balaban J connectivity index is 1.30. The lowest BCUT2D eigenvalue weighted by Crippen LogP contribution is -2.33. The summed E-state index contributed by atoms with van der Waals surface area (Å²) in [5.74, 6) is 0.666. The molecular formula is C25H27N7O. The van der Waals surface area contributed by atoms with Gasteiger partial charge in [-0.3, -0.25) is 4.79 Å². The molecule has 0 unspecified atom stereocenters. The van der Waals surface area contributed by atoms with Gasteiger partial charge in [0.15, 0.2) is 5.65 Å². The van der Waals surface area contributed by atoms with Crippen molar-refractivity contribution >= 4 is 34.4 Å². The van der Waals surface area contributed by atoms with Gasteiger partial charge in [-0.15, -0.1) is 5.10 Å². The molecule has 5 N–H and O–H groups in total. The number of anilines is 4. The summed E-state index contributed by atoms with van der Waals surface area (Å²) in [5, 5.41) is 14.6. The van der Waals surface area contributed by atoms with Gasteiger partial charge in [-0.1, -0.05) is 18.2 Å². The minimum atomic E-state index is -0.135. The Hall–Kier alpha value is -3.91. The summed E-state index contributed by atoms with van der Waals surface area (Å²) in [5.41, 5.74) is 9.88. The largest absolute Gasteiger partial charge is 0.366 e. The van der Waals surface area contributed by atoms with Crippen molar-refractivity contribution in [3.63, 3.8) is 0 Å². The molecule has 1 aliphatic carbocycles. The average Bonchev–Trinajstić information content (AvgIpc) is 3.31.